The van der Waals surface area contributed by atoms with Gasteiger partial charge in [0.05, 0.1) is 16.8 Å². The summed E-state index contributed by atoms with van der Waals surface area (Å²) in [6, 6.07) is 1.70. The zero-order valence-electron chi connectivity index (χ0n) is 9.28. The molecule has 2 heterocycles. The van der Waals surface area contributed by atoms with Crippen molar-refractivity contribution < 1.29 is 4.52 Å². The van der Waals surface area contributed by atoms with Crippen molar-refractivity contribution in [3.8, 4) is 0 Å². The van der Waals surface area contributed by atoms with Crippen molar-refractivity contribution in [1.29, 1.82) is 0 Å². The highest BCUT2D eigenvalue weighted by molar-refractivity contribution is 5.86. The normalized spacial score (nSPS) is 17.6. The molecule has 0 spiro atoms. The molecule has 1 aliphatic carbocycles. The molecular weight excluding hydrogens is 204 g/mol. The van der Waals surface area contributed by atoms with Gasteiger partial charge in [-0.25, -0.2) is 4.79 Å². The maximum atomic E-state index is 11.5. The van der Waals surface area contributed by atoms with Crippen LogP contribution in [0.25, 0.3) is 10.8 Å². The van der Waals surface area contributed by atoms with Crippen molar-refractivity contribution in [2.24, 2.45) is 5.41 Å². The minimum Gasteiger partial charge on any atom is -0.312 e. The van der Waals surface area contributed by atoms with E-state index in [1.807, 2.05) is 0 Å². The number of aromatic nitrogens is 2. The molecule has 0 saturated heterocycles. The minimum atomic E-state index is -0.373. The standard InChI is InChI=1S/C12H12N2O2/c1-12(2)5-8-10-7(3-4-13-8)11(15)16-14-9(10)6-12/h3-4H,5-6H2,1-2H3. The van der Waals surface area contributed by atoms with Gasteiger partial charge in [0.25, 0.3) is 0 Å². The predicted molar refractivity (Wildman–Crippen MR) is 59.3 cm³/mol. The van der Waals surface area contributed by atoms with Gasteiger partial charge in [0.2, 0.25) is 0 Å². The Hall–Kier alpha value is -1.71. The largest absolute Gasteiger partial charge is 0.366 e. The zero-order valence-corrected chi connectivity index (χ0v) is 9.28. The first-order valence-electron chi connectivity index (χ1n) is 5.33. The number of hydrogen-bond acceptors (Lipinski definition) is 4. The molecule has 0 fully saturated rings. The van der Waals surface area contributed by atoms with E-state index in [0.717, 1.165) is 29.6 Å². The molecule has 3 rings (SSSR count). The molecule has 4 heteroatoms. The second-order valence-electron chi connectivity index (χ2n) is 5.11. The molecule has 0 aromatic carbocycles. The summed E-state index contributed by atoms with van der Waals surface area (Å²) in [5, 5.41) is 5.41. The molecule has 0 radical (unpaired) electrons. The lowest BCUT2D eigenvalue weighted by atomic mass is 9.77. The van der Waals surface area contributed by atoms with Gasteiger partial charge in [0.1, 0.15) is 0 Å². The van der Waals surface area contributed by atoms with Crippen molar-refractivity contribution in [1.82, 2.24) is 10.1 Å². The smallest absolute Gasteiger partial charge is 0.312 e. The first-order chi connectivity index (χ1) is 7.57. The third-order valence-corrected chi connectivity index (χ3v) is 3.07. The highest BCUT2D eigenvalue weighted by Gasteiger charge is 2.29. The summed E-state index contributed by atoms with van der Waals surface area (Å²) < 4.78 is 4.81. The molecule has 2 aromatic rings. The fourth-order valence-electron chi connectivity index (χ4n) is 2.41. The first kappa shape index (κ1) is 9.51. The maximum Gasteiger partial charge on any atom is 0.366 e. The number of nitrogens with zero attached hydrogens (tertiary/aromatic N) is 2. The topological polar surface area (TPSA) is 56.0 Å². The van der Waals surface area contributed by atoms with Gasteiger partial charge in [-0.05, 0) is 24.3 Å². The lowest BCUT2D eigenvalue weighted by Gasteiger charge is -2.28. The molecule has 0 unspecified atom stereocenters. The van der Waals surface area contributed by atoms with Crippen molar-refractivity contribution in [3.63, 3.8) is 0 Å². The summed E-state index contributed by atoms with van der Waals surface area (Å²) in [5.41, 5.74) is 1.57. The molecule has 2 aromatic heterocycles. The van der Waals surface area contributed by atoms with Crippen molar-refractivity contribution >= 4 is 10.8 Å². The van der Waals surface area contributed by atoms with Gasteiger partial charge in [0.15, 0.2) is 0 Å². The monoisotopic (exact) mass is 216 g/mol. The molecule has 1 aliphatic rings. The van der Waals surface area contributed by atoms with Crippen molar-refractivity contribution in [3.05, 3.63) is 34.1 Å². The van der Waals surface area contributed by atoms with Crippen LogP contribution >= 0.6 is 0 Å². The summed E-state index contributed by atoms with van der Waals surface area (Å²) in [6.45, 7) is 4.34. The summed E-state index contributed by atoms with van der Waals surface area (Å²) >= 11 is 0. The second kappa shape index (κ2) is 2.90. The van der Waals surface area contributed by atoms with Crippen LogP contribution in [-0.4, -0.2) is 10.1 Å². The summed E-state index contributed by atoms with van der Waals surface area (Å²) in [4.78, 5) is 15.9. The van der Waals surface area contributed by atoms with Crippen LogP contribution in [0.1, 0.15) is 25.2 Å². The van der Waals surface area contributed by atoms with Crippen molar-refractivity contribution in [2.45, 2.75) is 26.7 Å². The lowest BCUT2D eigenvalue weighted by molar-refractivity contribution is 0.311. The van der Waals surface area contributed by atoms with Crippen LogP contribution in [0.4, 0.5) is 0 Å². The van der Waals surface area contributed by atoms with Crippen LogP contribution in [0.2, 0.25) is 0 Å². The minimum absolute atomic E-state index is 0.126. The number of hydrogen-bond donors (Lipinski definition) is 0. The third-order valence-electron chi connectivity index (χ3n) is 3.07. The molecule has 0 amide bonds. The molecule has 0 atom stereocenters. The Kier molecular flexibility index (Phi) is 1.73. The molecule has 16 heavy (non-hydrogen) atoms. The van der Waals surface area contributed by atoms with Gasteiger partial charge in [-0.15, -0.1) is 0 Å². The van der Waals surface area contributed by atoms with E-state index in [1.54, 1.807) is 12.3 Å². The Labute approximate surface area is 92.3 Å². The maximum absolute atomic E-state index is 11.5. The summed E-state index contributed by atoms with van der Waals surface area (Å²) in [5.74, 6) is 0. The Bertz CT molecular complexity index is 614. The fourth-order valence-corrected chi connectivity index (χ4v) is 2.41. The molecule has 0 bridgehead atoms. The van der Waals surface area contributed by atoms with Crippen LogP contribution in [0.3, 0.4) is 0 Å². The van der Waals surface area contributed by atoms with Gasteiger partial charge in [-0.3, -0.25) is 4.98 Å². The Balaban J connectivity index is 2.43. The second-order valence-corrected chi connectivity index (χ2v) is 5.11. The first-order valence-corrected chi connectivity index (χ1v) is 5.33. The van der Waals surface area contributed by atoms with E-state index in [4.69, 9.17) is 4.52 Å². The van der Waals surface area contributed by atoms with Gasteiger partial charge in [-0.1, -0.05) is 19.0 Å². The zero-order chi connectivity index (χ0) is 11.3. The van der Waals surface area contributed by atoms with Crippen LogP contribution in [0.15, 0.2) is 21.6 Å². The van der Waals surface area contributed by atoms with Crippen LogP contribution in [0.5, 0.6) is 0 Å². The molecule has 0 aliphatic heterocycles. The van der Waals surface area contributed by atoms with Crippen LogP contribution in [-0.2, 0) is 12.8 Å². The van der Waals surface area contributed by atoms with Crippen molar-refractivity contribution in [2.75, 3.05) is 0 Å². The Morgan fingerprint density at radius 3 is 2.88 bits per heavy atom. The van der Waals surface area contributed by atoms with Gasteiger partial charge < -0.3 is 4.52 Å². The summed E-state index contributed by atoms with van der Waals surface area (Å²) in [6.07, 6.45) is 3.37. The number of rotatable bonds is 0. The Morgan fingerprint density at radius 2 is 2.06 bits per heavy atom. The van der Waals surface area contributed by atoms with E-state index in [1.165, 1.54) is 0 Å². The van der Waals surface area contributed by atoms with E-state index in [9.17, 15) is 4.79 Å². The van der Waals surface area contributed by atoms with Gasteiger partial charge in [-0.2, -0.15) is 0 Å². The average Bonchev–Trinajstić information content (AvgIpc) is 2.21. The van der Waals surface area contributed by atoms with Crippen LogP contribution in [0, 0.1) is 5.41 Å². The average molecular weight is 216 g/mol. The lowest BCUT2D eigenvalue weighted by Crippen LogP contribution is -2.25. The molecular formula is C12H12N2O2. The van der Waals surface area contributed by atoms with Crippen LogP contribution < -0.4 is 5.63 Å². The highest BCUT2D eigenvalue weighted by atomic mass is 16.5. The van der Waals surface area contributed by atoms with Gasteiger partial charge in [0, 0.05) is 11.6 Å². The van der Waals surface area contributed by atoms with Gasteiger partial charge >= 0.3 is 5.63 Å². The number of pyridine rings is 1. The fraction of sp³-hybridized carbons (Fsp3) is 0.417. The molecule has 82 valence electrons. The Morgan fingerprint density at radius 1 is 1.31 bits per heavy atom. The third kappa shape index (κ3) is 1.26. The highest BCUT2D eigenvalue weighted by Crippen LogP contribution is 2.35. The van der Waals surface area contributed by atoms with E-state index in [0.29, 0.717) is 5.39 Å². The summed E-state index contributed by atoms with van der Waals surface area (Å²) in [7, 11) is 0. The SMILES string of the molecule is CC1(C)Cc2nccc3c(=O)onc(c23)C1. The van der Waals surface area contributed by atoms with E-state index >= 15 is 0 Å². The molecule has 0 saturated carbocycles. The molecule has 0 N–H and O–H groups in total. The van der Waals surface area contributed by atoms with E-state index in [-0.39, 0.29) is 11.0 Å². The predicted octanol–water partition coefficient (Wildman–Crippen LogP) is 1.71. The van der Waals surface area contributed by atoms with E-state index < -0.39 is 0 Å². The quantitative estimate of drug-likeness (QED) is 0.672. The van der Waals surface area contributed by atoms with E-state index in [2.05, 4.69) is 24.0 Å². The molecule has 4 nitrogen and oxygen atoms in total.